The summed E-state index contributed by atoms with van der Waals surface area (Å²) in [5, 5.41) is 2.85. The van der Waals surface area contributed by atoms with Crippen LogP contribution in [-0.4, -0.2) is 61.6 Å². The first-order chi connectivity index (χ1) is 11.1. The number of urea groups is 1. The van der Waals surface area contributed by atoms with Crippen LogP contribution in [0, 0.1) is 6.92 Å². The monoisotopic (exact) mass is 319 g/mol. The van der Waals surface area contributed by atoms with Gasteiger partial charge in [-0.3, -0.25) is 4.79 Å². The summed E-state index contributed by atoms with van der Waals surface area (Å²) >= 11 is 0. The topological polar surface area (TPSA) is 61.9 Å². The summed E-state index contributed by atoms with van der Waals surface area (Å²) in [5.74, 6) is 0.855. The number of amides is 3. The highest BCUT2D eigenvalue weighted by atomic mass is 16.5. The van der Waals surface area contributed by atoms with Gasteiger partial charge in [-0.05, 0) is 31.9 Å². The van der Waals surface area contributed by atoms with Crippen LogP contribution in [0.2, 0.25) is 0 Å². The van der Waals surface area contributed by atoms with E-state index in [1.54, 1.807) is 16.8 Å². The van der Waals surface area contributed by atoms with Crippen molar-refractivity contribution in [3.63, 3.8) is 0 Å². The molecule has 1 aliphatic heterocycles. The van der Waals surface area contributed by atoms with Crippen LogP contribution in [0.1, 0.15) is 18.4 Å². The SMILES string of the molecule is Cc1ccc(OCCCCNC(=O)N2CCN(C)C(=O)C2)cc1. The van der Waals surface area contributed by atoms with Crippen molar-refractivity contribution >= 4 is 11.9 Å². The zero-order chi connectivity index (χ0) is 16.7. The Labute approximate surface area is 137 Å². The average Bonchev–Trinajstić information content (AvgIpc) is 2.54. The van der Waals surface area contributed by atoms with Crippen LogP contribution in [0.15, 0.2) is 24.3 Å². The molecule has 0 saturated carbocycles. The summed E-state index contributed by atoms with van der Waals surface area (Å²) in [4.78, 5) is 26.7. The minimum atomic E-state index is -0.161. The Bertz CT molecular complexity index is 530. The maximum Gasteiger partial charge on any atom is 0.317 e. The molecule has 0 aromatic heterocycles. The van der Waals surface area contributed by atoms with Crippen LogP contribution in [0.3, 0.4) is 0 Å². The zero-order valence-electron chi connectivity index (χ0n) is 13.9. The molecule has 2 rings (SSSR count). The van der Waals surface area contributed by atoms with Gasteiger partial charge in [-0.1, -0.05) is 17.7 Å². The third kappa shape index (κ3) is 5.47. The molecule has 0 spiro atoms. The lowest BCUT2D eigenvalue weighted by Gasteiger charge is -2.31. The standard InChI is InChI=1S/C17H25N3O3/c1-14-5-7-15(8-6-14)23-12-4-3-9-18-17(22)20-11-10-19(2)16(21)13-20/h5-8H,3-4,9-13H2,1-2H3,(H,18,22). The van der Waals surface area contributed by atoms with Crippen molar-refractivity contribution in [3.05, 3.63) is 29.8 Å². The summed E-state index contributed by atoms with van der Waals surface area (Å²) in [6.07, 6.45) is 1.72. The number of carbonyl (C=O) groups is 2. The van der Waals surface area contributed by atoms with Gasteiger partial charge in [0.25, 0.3) is 0 Å². The largest absolute Gasteiger partial charge is 0.494 e. The molecular formula is C17H25N3O3. The second-order valence-corrected chi connectivity index (χ2v) is 5.84. The molecule has 1 fully saturated rings. The summed E-state index contributed by atoms with van der Waals surface area (Å²) in [5.41, 5.74) is 1.21. The van der Waals surface area contributed by atoms with Gasteiger partial charge in [0.15, 0.2) is 0 Å². The van der Waals surface area contributed by atoms with Crippen LogP contribution >= 0.6 is 0 Å². The summed E-state index contributed by atoms with van der Waals surface area (Å²) in [6.45, 7) is 4.61. The molecule has 0 bridgehead atoms. The number of benzene rings is 1. The third-order valence-corrected chi connectivity index (χ3v) is 3.88. The summed E-state index contributed by atoms with van der Waals surface area (Å²) in [7, 11) is 1.76. The Morgan fingerprint density at radius 3 is 2.65 bits per heavy atom. The molecule has 1 aromatic rings. The fourth-order valence-electron chi connectivity index (χ4n) is 2.29. The van der Waals surface area contributed by atoms with Crippen LogP contribution in [0.25, 0.3) is 0 Å². The molecule has 1 heterocycles. The van der Waals surface area contributed by atoms with E-state index in [4.69, 9.17) is 4.74 Å². The van der Waals surface area contributed by atoms with Crippen molar-refractivity contribution in [3.8, 4) is 5.75 Å². The van der Waals surface area contributed by atoms with Gasteiger partial charge in [-0.25, -0.2) is 4.79 Å². The third-order valence-electron chi connectivity index (χ3n) is 3.88. The lowest BCUT2D eigenvalue weighted by atomic mass is 10.2. The lowest BCUT2D eigenvalue weighted by molar-refractivity contribution is -0.133. The van der Waals surface area contributed by atoms with E-state index in [9.17, 15) is 9.59 Å². The fourth-order valence-corrected chi connectivity index (χ4v) is 2.29. The molecule has 0 atom stereocenters. The van der Waals surface area contributed by atoms with Gasteiger partial charge >= 0.3 is 6.03 Å². The predicted molar refractivity (Wildman–Crippen MR) is 88.5 cm³/mol. The van der Waals surface area contributed by atoms with E-state index in [1.807, 2.05) is 31.2 Å². The molecule has 0 radical (unpaired) electrons. The highest BCUT2D eigenvalue weighted by Gasteiger charge is 2.24. The molecule has 126 valence electrons. The first kappa shape index (κ1) is 17.1. The lowest BCUT2D eigenvalue weighted by Crippen LogP contribution is -2.53. The van der Waals surface area contributed by atoms with E-state index in [1.165, 1.54) is 5.56 Å². The van der Waals surface area contributed by atoms with Crippen LogP contribution in [0.4, 0.5) is 4.79 Å². The number of hydrogen-bond donors (Lipinski definition) is 1. The predicted octanol–water partition coefficient (Wildman–Crippen LogP) is 1.64. The number of piperazine rings is 1. The van der Waals surface area contributed by atoms with Gasteiger partial charge in [0, 0.05) is 26.7 Å². The van der Waals surface area contributed by atoms with Crippen molar-refractivity contribution in [1.82, 2.24) is 15.1 Å². The van der Waals surface area contributed by atoms with Crippen molar-refractivity contribution in [2.45, 2.75) is 19.8 Å². The van der Waals surface area contributed by atoms with E-state index < -0.39 is 0 Å². The van der Waals surface area contributed by atoms with Gasteiger partial charge in [0.05, 0.1) is 6.61 Å². The zero-order valence-corrected chi connectivity index (χ0v) is 13.9. The molecule has 1 aromatic carbocycles. The average molecular weight is 319 g/mol. The number of nitrogens with zero attached hydrogens (tertiary/aromatic N) is 2. The van der Waals surface area contributed by atoms with Crippen molar-refractivity contribution in [2.75, 3.05) is 39.8 Å². The Morgan fingerprint density at radius 2 is 1.96 bits per heavy atom. The Balaban J connectivity index is 1.56. The van der Waals surface area contributed by atoms with Gasteiger partial charge in [-0.15, -0.1) is 0 Å². The maximum atomic E-state index is 11.9. The molecule has 3 amide bonds. The number of likely N-dealkylation sites (N-methyl/N-ethyl adjacent to an activating group) is 1. The van der Waals surface area contributed by atoms with E-state index in [-0.39, 0.29) is 18.5 Å². The minimum Gasteiger partial charge on any atom is -0.494 e. The molecule has 6 heteroatoms. The molecule has 1 saturated heterocycles. The molecule has 1 N–H and O–H groups in total. The Kier molecular flexibility index (Phi) is 6.26. The molecule has 6 nitrogen and oxygen atoms in total. The molecule has 0 aliphatic carbocycles. The van der Waals surface area contributed by atoms with Gasteiger partial charge in [0.1, 0.15) is 12.3 Å². The van der Waals surface area contributed by atoms with E-state index in [0.717, 1.165) is 18.6 Å². The Hall–Kier alpha value is -2.24. The smallest absolute Gasteiger partial charge is 0.317 e. The number of carbonyl (C=O) groups excluding carboxylic acids is 2. The van der Waals surface area contributed by atoms with E-state index in [0.29, 0.717) is 26.2 Å². The molecule has 23 heavy (non-hydrogen) atoms. The van der Waals surface area contributed by atoms with Crippen molar-refractivity contribution < 1.29 is 14.3 Å². The van der Waals surface area contributed by atoms with Crippen molar-refractivity contribution in [2.24, 2.45) is 0 Å². The maximum absolute atomic E-state index is 11.9. The summed E-state index contributed by atoms with van der Waals surface area (Å²) in [6, 6.07) is 7.80. The number of hydrogen-bond acceptors (Lipinski definition) is 3. The number of nitrogens with one attached hydrogen (secondary N) is 1. The normalized spacial score (nSPS) is 14.8. The fraction of sp³-hybridized carbons (Fsp3) is 0.529. The first-order valence-electron chi connectivity index (χ1n) is 8.02. The summed E-state index contributed by atoms with van der Waals surface area (Å²) < 4.78 is 5.64. The second-order valence-electron chi connectivity index (χ2n) is 5.84. The minimum absolute atomic E-state index is 0.0158. The number of aryl methyl sites for hydroxylation is 1. The molecular weight excluding hydrogens is 294 g/mol. The highest BCUT2D eigenvalue weighted by molar-refractivity contribution is 5.85. The second kappa shape index (κ2) is 8.41. The van der Waals surface area contributed by atoms with E-state index >= 15 is 0 Å². The Morgan fingerprint density at radius 1 is 1.22 bits per heavy atom. The van der Waals surface area contributed by atoms with Crippen LogP contribution < -0.4 is 10.1 Å². The number of rotatable bonds is 6. The quantitative estimate of drug-likeness (QED) is 0.811. The number of unbranched alkanes of at least 4 members (excludes halogenated alkanes) is 1. The van der Waals surface area contributed by atoms with Crippen LogP contribution in [0.5, 0.6) is 5.75 Å². The van der Waals surface area contributed by atoms with E-state index in [2.05, 4.69) is 5.32 Å². The van der Waals surface area contributed by atoms with Gasteiger partial charge in [0.2, 0.25) is 5.91 Å². The number of ether oxygens (including phenoxy) is 1. The first-order valence-corrected chi connectivity index (χ1v) is 8.02. The molecule has 0 unspecified atom stereocenters. The van der Waals surface area contributed by atoms with Crippen LogP contribution in [-0.2, 0) is 4.79 Å². The van der Waals surface area contributed by atoms with Gasteiger partial charge in [-0.2, -0.15) is 0 Å². The van der Waals surface area contributed by atoms with Gasteiger partial charge < -0.3 is 19.9 Å². The molecule has 1 aliphatic rings. The highest BCUT2D eigenvalue weighted by Crippen LogP contribution is 2.11. The van der Waals surface area contributed by atoms with Crippen molar-refractivity contribution in [1.29, 1.82) is 0 Å².